The molecular formula is C19H30ClIN6OS. The standard InChI is InChI=1S/C19H29ClN6OS.HI/c1-2-21-19(23-13-14(27)15-9-10-16(20)28-15)22-11-6-8-18-25-24-17-7-4-3-5-12-26(17)18;/h9-10,14,27H,2-8,11-13H2,1H3,(H2,21,22,23);1H. The molecule has 1 unspecified atom stereocenters. The van der Waals surface area contributed by atoms with E-state index in [1.54, 1.807) is 6.07 Å². The van der Waals surface area contributed by atoms with E-state index in [0.717, 1.165) is 55.4 Å². The molecule has 0 saturated heterocycles. The van der Waals surface area contributed by atoms with Crippen molar-refractivity contribution in [1.29, 1.82) is 0 Å². The molecule has 0 spiro atoms. The monoisotopic (exact) mass is 552 g/mol. The summed E-state index contributed by atoms with van der Waals surface area (Å²) >= 11 is 7.32. The Morgan fingerprint density at radius 3 is 2.93 bits per heavy atom. The first kappa shape index (κ1) is 24.4. The number of rotatable bonds is 8. The molecule has 2 aromatic rings. The van der Waals surface area contributed by atoms with Crippen LogP contribution in [-0.2, 0) is 19.4 Å². The van der Waals surface area contributed by atoms with Gasteiger partial charge in [0.05, 0.1) is 10.9 Å². The number of halogens is 2. The highest BCUT2D eigenvalue weighted by Crippen LogP contribution is 2.26. The Hall–Kier alpha value is -0.910. The number of aliphatic hydroxyl groups is 1. The fraction of sp³-hybridized carbons (Fsp3) is 0.632. The number of thiophene rings is 1. The Kier molecular flexibility index (Phi) is 10.7. The van der Waals surface area contributed by atoms with E-state index < -0.39 is 6.10 Å². The predicted molar refractivity (Wildman–Crippen MR) is 130 cm³/mol. The fourth-order valence-electron chi connectivity index (χ4n) is 3.30. The zero-order chi connectivity index (χ0) is 19.8. The fourth-order valence-corrected chi connectivity index (χ4v) is 4.34. The van der Waals surface area contributed by atoms with Crippen LogP contribution < -0.4 is 10.6 Å². The molecule has 0 fully saturated rings. The van der Waals surface area contributed by atoms with Crippen molar-refractivity contribution in [3.63, 3.8) is 0 Å². The van der Waals surface area contributed by atoms with Crippen molar-refractivity contribution in [2.45, 2.75) is 58.1 Å². The van der Waals surface area contributed by atoms with Gasteiger partial charge in [-0.25, -0.2) is 0 Å². The van der Waals surface area contributed by atoms with Gasteiger partial charge in [0.15, 0.2) is 5.96 Å². The maximum atomic E-state index is 10.3. The summed E-state index contributed by atoms with van der Waals surface area (Å²) in [6.45, 7) is 4.92. The molecule has 0 radical (unpaired) electrons. The third-order valence-electron chi connectivity index (χ3n) is 4.74. The first-order valence-electron chi connectivity index (χ1n) is 10.0. The Morgan fingerprint density at radius 2 is 2.17 bits per heavy atom. The van der Waals surface area contributed by atoms with Crippen LogP contribution in [0, 0.1) is 0 Å². The van der Waals surface area contributed by atoms with Gasteiger partial charge in [-0.15, -0.1) is 45.5 Å². The number of aryl methyl sites for hydroxylation is 2. The van der Waals surface area contributed by atoms with Crippen LogP contribution in [0.2, 0.25) is 4.34 Å². The van der Waals surface area contributed by atoms with Crippen LogP contribution in [0.5, 0.6) is 0 Å². The van der Waals surface area contributed by atoms with E-state index in [2.05, 4.69) is 30.4 Å². The lowest BCUT2D eigenvalue weighted by Crippen LogP contribution is -2.38. The Balaban J connectivity index is 0.00000300. The summed E-state index contributed by atoms with van der Waals surface area (Å²) in [6.07, 6.45) is 5.95. The van der Waals surface area contributed by atoms with Crippen molar-refractivity contribution in [2.75, 3.05) is 19.6 Å². The second-order valence-corrected chi connectivity index (χ2v) is 8.65. The Labute approximate surface area is 198 Å². The van der Waals surface area contributed by atoms with Crippen molar-refractivity contribution >= 4 is 52.9 Å². The first-order chi connectivity index (χ1) is 13.7. The average Bonchev–Trinajstić information content (AvgIpc) is 3.21. The number of aromatic nitrogens is 3. The second kappa shape index (κ2) is 12.7. The van der Waals surface area contributed by atoms with E-state index >= 15 is 0 Å². The molecular weight excluding hydrogens is 523 g/mol. The number of fused-ring (bicyclic) bond motifs is 1. The van der Waals surface area contributed by atoms with Gasteiger partial charge >= 0.3 is 0 Å². The molecule has 0 bridgehead atoms. The molecule has 7 nitrogen and oxygen atoms in total. The molecule has 0 saturated carbocycles. The van der Waals surface area contributed by atoms with Gasteiger partial charge in [-0.1, -0.05) is 18.0 Å². The van der Waals surface area contributed by atoms with Crippen molar-refractivity contribution in [2.24, 2.45) is 4.99 Å². The maximum absolute atomic E-state index is 10.3. The van der Waals surface area contributed by atoms with Crippen LogP contribution in [0.4, 0.5) is 0 Å². The summed E-state index contributed by atoms with van der Waals surface area (Å²) in [5, 5.41) is 25.6. The third kappa shape index (κ3) is 7.37. The van der Waals surface area contributed by atoms with Crippen LogP contribution in [0.25, 0.3) is 0 Å². The van der Waals surface area contributed by atoms with E-state index in [-0.39, 0.29) is 24.0 Å². The molecule has 10 heteroatoms. The summed E-state index contributed by atoms with van der Waals surface area (Å²) < 4.78 is 2.98. The van der Waals surface area contributed by atoms with Crippen molar-refractivity contribution in [3.8, 4) is 0 Å². The van der Waals surface area contributed by atoms with E-state index in [1.165, 1.54) is 30.6 Å². The minimum atomic E-state index is -0.639. The number of aliphatic imine (C=N–C) groups is 1. The van der Waals surface area contributed by atoms with Gasteiger partial charge in [0.2, 0.25) is 0 Å². The molecule has 1 aliphatic heterocycles. The molecule has 1 atom stereocenters. The quantitative estimate of drug-likeness (QED) is 0.202. The van der Waals surface area contributed by atoms with Crippen LogP contribution in [0.15, 0.2) is 17.1 Å². The molecule has 3 N–H and O–H groups in total. The van der Waals surface area contributed by atoms with Gasteiger partial charge < -0.3 is 20.3 Å². The van der Waals surface area contributed by atoms with Gasteiger partial charge in [-0.05, 0) is 38.3 Å². The van der Waals surface area contributed by atoms with Gasteiger partial charge in [0.25, 0.3) is 0 Å². The van der Waals surface area contributed by atoms with Crippen molar-refractivity contribution in [1.82, 2.24) is 25.4 Å². The van der Waals surface area contributed by atoms with Crippen LogP contribution >= 0.6 is 46.9 Å². The average molecular weight is 553 g/mol. The number of aliphatic hydroxyl groups excluding tert-OH is 1. The molecule has 3 rings (SSSR count). The molecule has 29 heavy (non-hydrogen) atoms. The van der Waals surface area contributed by atoms with Crippen LogP contribution in [0.1, 0.15) is 55.2 Å². The lowest BCUT2D eigenvalue weighted by atomic mass is 10.2. The highest BCUT2D eigenvalue weighted by atomic mass is 127. The minimum absolute atomic E-state index is 0. The van der Waals surface area contributed by atoms with Crippen LogP contribution in [0.3, 0.4) is 0 Å². The third-order valence-corrected chi connectivity index (χ3v) is 6.08. The lowest BCUT2D eigenvalue weighted by molar-refractivity contribution is 0.191. The topological polar surface area (TPSA) is 87.4 Å². The second-order valence-electron chi connectivity index (χ2n) is 6.90. The number of guanidine groups is 1. The summed E-state index contributed by atoms with van der Waals surface area (Å²) in [5.41, 5.74) is 0. The van der Waals surface area contributed by atoms with E-state index in [0.29, 0.717) is 16.8 Å². The molecule has 162 valence electrons. The van der Waals surface area contributed by atoms with E-state index in [9.17, 15) is 5.11 Å². The smallest absolute Gasteiger partial charge is 0.191 e. The lowest BCUT2D eigenvalue weighted by Gasteiger charge is -2.13. The normalized spacial score (nSPS) is 15.2. The molecule has 3 heterocycles. The number of nitrogens with one attached hydrogen (secondary N) is 2. The zero-order valence-corrected chi connectivity index (χ0v) is 20.6. The molecule has 2 aromatic heterocycles. The molecule has 0 aromatic carbocycles. The highest BCUT2D eigenvalue weighted by molar-refractivity contribution is 14.0. The molecule has 0 amide bonds. The minimum Gasteiger partial charge on any atom is -0.386 e. The van der Waals surface area contributed by atoms with E-state index in [4.69, 9.17) is 11.6 Å². The number of hydrogen-bond acceptors (Lipinski definition) is 5. The predicted octanol–water partition coefficient (Wildman–Crippen LogP) is 3.56. The Bertz CT molecular complexity index is 781. The Morgan fingerprint density at radius 1 is 1.31 bits per heavy atom. The highest BCUT2D eigenvalue weighted by Gasteiger charge is 2.14. The summed E-state index contributed by atoms with van der Waals surface area (Å²) in [4.78, 5) is 5.32. The number of hydrogen-bond donors (Lipinski definition) is 3. The van der Waals surface area contributed by atoms with Crippen molar-refractivity contribution < 1.29 is 5.11 Å². The van der Waals surface area contributed by atoms with Crippen molar-refractivity contribution in [3.05, 3.63) is 33.0 Å². The van der Waals surface area contributed by atoms with Gasteiger partial charge in [-0.2, -0.15) is 0 Å². The summed E-state index contributed by atoms with van der Waals surface area (Å²) in [7, 11) is 0. The molecule has 1 aliphatic rings. The number of nitrogens with zero attached hydrogens (tertiary/aromatic N) is 4. The van der Waals surface area contributed by atoms with Gasteiger partial charge in [0, 0.05) is 37.4 Å². The summed E-state index contributed by atoms with van der Waals surface area (Å²) in [6, 6.07) is 3.64. The summed E-state index contributed by atoms with van der Waals surface area (Å²) in [5.74, 6) is 2.94. The largest absolute Gasteiger partial charge is 0.386 e. The zero-order valence-electron chi connectivity index (χ0n) is 16.7. The molecule has 0 aliphatic carbocycles. The van der Waals surface area contributed by atoms with Crippen LogP contribution in [-0.4, -0.2) is 45.5 Å². The van der Waals surface area contributed by atoms with E-state index in [1.807, 2.05) is 13.0 Å². The first-order valence-corrected chi connectivity index (χ1v) is 11.2. The SMILES string of the molecule is CCNC(=NCC(O)c1ccc(Cl)s1)NCCCc1nnc2n1CCCCC2.I. The van der Waals surface area contributed by atoms with Gasteiger partial charge in [0.1, 0.15) is 17.8 Å². The maximum Gasteiger partial charge on any atom is 0.191 e. The van der Waals surface area contributed by atoms with Gasteiger partial charge in [-0.3, -0.25) is 4.99 Å².